The molecule has 2 rings (SSSR count). The lowest BCUT2D eigenvalue weighted by atomic mass is 10.2. The van der Waals surface area contributed by atoms with Crippen LogP contribution in [0.2, 0.25) is 0 Å². The molecule has 0 N–H and O–H groups in total. The van der Waals surface area contributed by atoms with Crippen LogP contribution in [-0.4, -0.2) is 13.7 Å². The molecule has 0 fully saturated rings. The van der Waals surface area contributed by atoms with E-state index in [0.29, 0.717) is 11.3 Å². The number of benzene rings is 1. The fourth-order valence-electron chi connectivity index (χ4n) is 1.83. The molecule has 16 heavy (non-hydrogen) atoms. The van der Waals surface area contributed by atoms with Crippen molar-refractivity contribution in [1.29, 1.82) is 0 Å². The highest BCUT2D eigenvalue weighted by Gasteiger charge is 2.26. The van der Waals surface area contributed by atoms with Crippen molar-refractivity contribution >= 4 is 9.84 Å². The number of aryl methyl sites for hydroxylation is 1. The van der Waals surface area contributed by atoms with E-state index in [9.17, 15) is 8.42 Å². The van der Waals surface area contributed by atoms with Crippen molar-refractivity contribution in [2.24, 2.45) is 0 Å². The van der Waals surface area contributed by atoms with Gasteiger partial charge in [0.15, 0.2) is 9.84 Å². The van der Waals surface area contributed by atoms with E-state index in [2.05, 4.69) is 0 Å². The molecule has 0 heterocycles. The summed E-state index contributed by atoms with van der Waals surface area (Å²) in [6.07, 6.45) is 7.88. The van der Waals surface area contributed by atoms with Crippen LogP contribution in [-0.2, 0) is 9.84 Å². The Balaban J connectivity index is 2.44. The van der Waals surface area contributed by atoms with E-state index in [1.807, 2.05) is 31.2 Å². The van der Waals surface area contributed by atoms with E-state index < -0.39 is 15.1 Å². The maximum absolute atomic E-state index is 12.3. The van der Waals surface area contributed by atoms with Crippen LogP contribution < -0.4 is 0 Å². The quantitative estimate of drug-likeness (QED) is 0.788. The fourth-order valence-corrected chi connectivity index (χ4v) is 3.60. The second-order valence-corrected chi connectivity index (χ2v) is 6.03. The molecule has 0 aliphatic heterocycles. The SMILES string of the molecule is Cc1ccccc1S(=O)(=O)C1C=CC=CC1. The molecular weight excluding hydrogens is 220 g/mol. The molecule has 1 aromatic carbocycles. The first-order valence-corrected chi connectivity index (χ1v) is 6.80. The van der Waals surface area contributed by atoms with Gasteiger partial charge in [0.25, 0.3) is 0 Å². The summed E-state index contributed by atoms with van der Waals surface area (Å²) in [5.74, 6) is 0. The molecular formula is C13H14O2S. The first-order valence-electron chi connectivity index (χ1n) is 5.25. The lowest BCUT2D eigenvalue weighted by molar-refractivity contribution is 0.587. The third-order valence-corrected chi connectivity index (χ3v) is 4.96. The van der Waals surface area contributed by atoms with Gasteiger partial charge >= 0.3 is 0 Å². The van der Waals surface area contributed by atoms with Crippen LogP contribution in [0.3, 0.4) is 0 Å². The first-order chi connectivity index (χ1) is 7.62. The van der Waals surface area contributed by atoms with Crippen LogP contribution in [0, 0.1) is 6.92 Å². The van der Waals surface area contributed by atoms with Gasteiger partial charge in [-0.15, -0.1) is 0 Å². The van der Waals surface area contributed by atoms with Crippen LogP contribution in [0.5, 0.6) is 0 Å². The molecule has 3 heteroatoms. The molecule has 1 aliphatic carbocycles. The van der Waals surface area contributed by atoms with Gasteiger partial charge in [-0.1, -0.05) is 42.5 Å². The second-order valence-electron chi connectivity index (χ2n) is 3.90. The highest BCUT2D eigenvalue weighted by atomic mass is 32.2. The standard InChI is InChI=1S/C13H14O2S/c1-11-7-5-6-10-13(11)16(14,15)12-8-3-2-4-9-12/h2-8,10,12H,9H2,1H3. The van der Waals surface area contributed by atoms with Crippen LogP contribution in [0.1, 0.15) is 12.0 Å². The minimum absolute atomic E-state index is 0.418. The molecule has 0 saturated carbocycles. The summed E-state index contributed by atoms with van der Waals surface area (Å²) in [6, 6.07) is 7.12. The molecule has 0 saturated heterocycles. The molecule has 84 valence electrons. The van der Waals surface area contributed by atoms with E-state index in [1.54, 1.807) is 24.3 Å². The predicted octanol–water partition coefficient (Wildman–Crippen LogP) is 2.65. The van der Waals surface area contributed by atoms with Gasteiger partial charge < -0.3 is 0 Å². The number of hydrogen-bond donors (Lipinski definition) is 0. The normalized spacial score (nSPS) is 19.9. The van der Waals surface area contributed by atoms with Crippen molar-refractivity contribution < 1.29 is 8.42 Å². The Morgan fingerprint density at radius 1 is 1.19 bits per heavy atom. The van der Waals surface area contributed by atoms with Gasteiger partial charge in [0.2, 0.25) is 0 Å². The Morgan fingerprint density at radius 3 is 2.56 bits per heavy atom. The summed E-state index contributed by atoms with van der Waals surface area (Å²) in [5, 5.41) is -0.418. The van der Waals surface area contributed by atoms with Crippen LogP contribution in [0.25, 0.3) is 0 Å². The summed E-state index contributed by atoms with van der Waals surface area (Å²) in [6.45, 7) is 1.83. The zero-order valence-corrected chi connectivity index (χ0v) is 9.94. The molecule has 1 atom stereocenters. The molecule has 0 amide bonds. The molecule has 2 nitrogen and oxygen atoms in total. The first kappa shape index (κ1) is 11.1. The van der Waals surface area contributed by atoms with Crippen molar-refractivity contribution in [3.8, 4) is 0 Å². The zero-order valence-electron chi connectivity index (χ0n) is 9.13. The monoisotopic (exact) mass is 234 g/mol. The average molecular weight is 234 g/mol. The molecule has 0 radical (unpaired) electrons. The van der Waals surface area contributed by atoms with Gasteiger partial charge in [0, 0.05) is 0 Å². The van der Waals surface area contributed by atoms with Crippen LogP contribution >= 0.6 is 0 Å². The van der Waals surface area contributed by atoms with Gasteiger partial charge in [-0.25, -0.2) is 8.42 Å². The lowest BCUT2D eigenvalue weighted by Gasteiger charge is -2.15. The van der Waals surface area contributed by atoms with Crippen LogP contribution in [0.4, 0.5) is 0 Å². The number of hydrogen-bond acceptors (Lipinski definition) is 2. The third-order valence-electron chi connectivity index (χ3n) is 2.74. The maximum Gasteiger partial charge on any atom is 0.185 e. The maximum atomic E-state index is 12.3. The molecule has 1 unspecified atom stereocenters. The minimum Gasteiger partial charge on any atom is -0.223 e. The molecule has 0 spiro atoms. The summed E-state index contributed by atoms with van der Waals surface area (Å²) >= 11 is 0. The lowest BCUT2D eigenvalue weighted by Crippen LogP contribution is -2.20. The summed E-state index contributed by atoms with van der Waals surface area (Å²) in [5.41, 5.74) is 0.811. The van der Waals surface area contributed by atoms with E-state index >= 15 is 0 Å². The van der Waals surface area contributed by atoms with Crippen molar-refractivity contribution in [3.05, 3.63) is 54.1 Å². The Hall–Kier alpha value is -1.35. The summed E-state index contributed by atoms with van der Waals surface area (Å²) < 4.78 is 24.6. The molecule has 0 aromatic heterocycles. The number of rotatable bonds is 2. The van der Waals surface area contributed by atoms with Gasteiger partial charge in [0.05, 0.1) is 10.1 Å². The van der Waals surface area contributed by atoms with E-state index in [4.69, 9.17) is 0 Å². The van der Waals surface area contributed by atoms with Gasteiger partial charge in [-0.05, 0) is 25.0 Å². The van der Waals surface area contributed by atoms with Gasteiger partial charge in [-0.3, -0.25) is 0 Å². The Labute approximate surface area is 96.2 Å². The Bertz CT molecular complexity index is 539. The smallest absolute Gasteiger partial charge is 0.185 e. The summed E-state index contributed by atoms with van der Waals surface area (Å²) in [4.78, 5) is 0.444. The predicted molar refractivity (Wildman–Crippen MR) is 65.0 cm³/mol. The third kappa shape index (κ3) is 1.95. The fraction of sp³-hybridized carbons (Fsp3) is 0.231. The van der Waals surface area contributed by atoms with Crippen molar-refractivity contribution in [3.63, 3.8) is 0 Å². The van der Waals surface area contributed by atoms with Gasteiger partial charge in [-0.2, -0.15) is 0 Å². The molecule has 1 aliphatic rings. The summed E-state index contributed by atoms with van der Waals surface area (Å²) in [7, 11) is -3.23. The van der Waals surface area contributed by atoms with Crippen molar-refractivity contribution in [1.82, 2.24) is 0 Å². The number of sulfone groups is 1. The average Bonchev–Trinajstić information content (AvgIpc) is 2.30. The molecule has 0 bridgehead atoms. The Kier molecular flexibility index (Phi) is 2.97. The van der Waals surface area contributed by atoms with Gasteiger partial charge in [0.1, 0.15) is 0 Å². The minimum atomic E-state index is -3.23. The van der Waals surface area contributed by atoms with Crippen molar-refractivity contribution in [2.45, 2.75) is 23.5 Å². The van der Waals surface area contributed by atoms with E-state index in [1.165, 1.54) is 0 Å². The zero-order chi connectivity index (χ0) is 11.6. The highest BCUT2D eigenvalue weighted by Crippen LogP contribution is 2.24. The topological polar surface area (TPSA) is 34.1 Å². The van der Waals surface area contributed by atoms with Crippen molar-refractivity contribution in [2.75, 3.05) is 0 Å². The van der Waals surface area contributed by atoms with E-state index in [-0.39, 0.29) is 0 Å². The Morgan fingerprint density at radius 2 is 1.94 bits per heavy atom. The number of allylic oxidation sites excluding steroid dienone is 3. The van der Waals surface area contributed by atoms with E-state index in [0.717, 1.165) is 5.56 Å². The largest absolute Gasteiger partial charge is 0.223 e. The highest BCUT2D eigenvalue weighted by molar-refractivity contribution is 7.92. The molecule has 1 aromatic rings. The second kappa shape index (κ2) is 4.26. The van der Waals surface area contributed by atoms with Crippen LogP contribution in [0.15, 0.2) is 53.5 Å².